The monoisotopic (exact) mass is 361 g/mol. The highest BCUT2D eigenvalue weighted by atomic mass is 32.1. The standard InChI is InChI=1S/C17H23N5O2S/c1-11-18-14(10-25-11)16-21-20-15-3-2-13(4-7-22(15)16)19-17(23)12-5-8-24-9-6-12/h10,12-13H,2-9H2,1H3,(H,19,23). The predicted octanol–water partition coefficient (Wildman–Crippen LogP) is 1.96. The van der Waals surface area contributed by atoms with Crippen LogP contribution in [0.4, 0.5) is 0 Å². The van der Waals surface area contributed by atoms with Gasteiger partial charge in [-0.25, -0.2) is 4.98 Å². The highest BCUT2D eigenvalue weighted by Gasteiger charge is 2.26. The second-order valence-electron chi connectivity index (χ2n) is 6.76. The molecule has 4 rings (SSSR count). The second kappa shape index (κ2) is 7.21. The number of rotatable bonds is 3. The van der Waals surface area contributed by atoms with Gasteiger partial charge in [-0.05, 0) is 32.6 Å². The Hall–Kier alpha value is -1.80. The van der Waals surface area contributed by atoms with E-state index in [0.717, 1.165) is 61.0 Å². The van der Waals surface area contributed by atoms with Crippen molar-refractivity contribution < 1.29 is 9.53 Å². The molecule has 0 aromatic carbocycles. The summed E-state index contributed by atoms with van der Waals surface area (Å²) < 4.78 is 7.51. The van der Waals surface area contributed by atoms with Gasteiger partial charge in [0.05, 0.1) is 5.01 Å². The van der Waals surface area contributed by atoms with E-state index in [0.29, 0.717) is 13.2 Å². The Morgan fingerprint density at radius 2 is 2.12 bits per heavy atom. The summed E-state index contributed by atoms with van der Waals surface area (Å²) in [7, 11) is 0. The van der Waals surface area contributed by atoms with Gasteiger partial charge in [-0.2, -0.15) is 0 Å². The van der Waals surface area contributed by atoms with E-state index in [2.05, 4.69) is 25.1 Å². The summed E-state index contributed by atoms with van der Waals surface area (Å²) in [6.07, 6.45) is 4.29. The average molecular weight is 361 g/mol. The molecular formula is C17H23N5O2S. The van der Waals surface area contributed by atoms with Gasteiger partial charge in [-0.3, -0.25) is 4.79 Å². The average Bonchev–Trinajstić information content (AvgIpc) is 3.18. The quantitative estimate of drug-likeness (QED) is 0.904. The Morgan fingerprint density at radius 1 is 1.28 bits per heavy atom. The third kappa shape index (κ3) is 3.59. The fraction of sp³-hybridized carbons (Fsp3) is 0.647. The van der Waals surface area contributed by atoms with Gasteiger partial charge in [-0.1, -0.05) is 0 Å². The van der Waals surface area contributed by atoms with Gasteiger partial charge in [-0.15, -0.1) is 21.5 Å². The number of ether oxygens (including phenoxy) is 1. The molecule has 134 valence electrons. The first-order valence-corrected chi connectivity index (χ1v) is 9.81. The molecule has 2 aromatic heterocycles. The number of thiazole rings is 1. The minimum absolute atomic E-state index is 0.101. The first-order chi connectivity index (χ1) is 12.2. The van der Waals surface area contributed by atoms with Gasteiger partial charge in [0, 0.05) is 43.5 Å². The minimum Gasteiger partial charge on any atom is -0.381 e. The van der Waals surface area contributed by atoms with Gasteiger partial charge in [0.15, 0.2) is 5.82 Å². The van der Waals surface area contributed by atoms with Crippen molar-refractivity contribution in [3.8, 4) is 11.5 Å². The fourth-order valence-corrected chi connectivity index (χ4v) is 4.16. The molecule has 2 aliphatic heterocycles. The highest BCUT2D eigenvalue weighted by molar-refractivity contribution is 7.09. The van der Waals surface area contributed by atoms with Crippen molar-refractivity contribution in [3.63, 3.8) is 0 Å². The van der Waals surface area contributed by atoms with E-state index in [1.807, 2.05) is 12.3 Å². The summed E-state index contributed by atoms with van der Waals surface area (Å²) >= 11 is 1.62. The number of nitrogens with one attached hydrogen (secondary N) is 1. The maximum Gasteiger partial charge on any atom is 0.223 e. The SMILES string of the molecule is Cc1nc(-c2nnc3n2CCC(NC(=O)C2CCOCC2)CC3)cs1. The van der Waals surface area contributed by atoms with Gasteiger partial charge >= 0.3 is 0 Å². The van der Waals surface area contributed by atoms with Gasteiger partial charge in [0.25, 0.3) is 0 Å². The largest absolute Gasteiger partial charge is 0.381 e. The molecule has 1 fully saturated rings. The van der Waals surface area contributed by atoms with Crippen LogP contribution in [0.1, 0.15) is 36.5 Å². The van der Waals surface area contributed by atoms with E-state index in [-0.39, 0.29) is 17.9 Å². The van der Waals surface area contributed by atoms with E-state index >= 15 is 0 Å². The summed E-state index contributed by atoms with van der Waals surface area (Å²) in [5.41, 5.74) is 0.894. The van der Waals surface area contributed by atoms with Crippen molar-refractivity contribution in [2.45, 2.75) is 51.6 Å². The van der Waals surface area contributed by atoms with E-state index in [9.17, 15) is 4.79 Å². The molecule has 25 heavy (non-hydrogen) atoms. The fourth-order valence-electron chi connectivity index (χ4n) is 3.57. The molecule has 1 atom stereocenters. The van der Waals surface area contributed by atoms with Crippen LogP contribution in [0.5, 0.6) is 0 Å². The molecule has 1 amide bonds. The topological polar surface area (TPSA) is 81.9 Å². The van der Waals surface area contributed by atoms with E-state index in [1.165, 1.54) is 0 Å². The molecule has 1 saturated heterocycles. The number of aromatic nitrogens is 4. The van der Waals surface area contributed by atoms with Crippen LogP contribution >= 0.6 is 11.3 Å². The lowest BCUT2D eigenvalue weighted by Gasteiger charge is -2.24. The zero-order chi connectivity index (χ0) is 17.2. The summed E-state index contributed by atoms with van der Waals surface area (Å²) in [6.45, 7) is 4.20. The predicted molar refractivity (Wildman–Crippen MR) is 94.3 cm³/mol. The number of hydrogen-bond donors (Lipinski definition) is 1. The van der Waals surface area contributed by atoms with Crippen LogP contribution in [-0.2, 0) is 22.5 Å². The smallest absolute Gasteiger partial charge is 0.223 e. The normalized spacial score (nSPS) is 21.6. The molecule has 1 N–H and O–H groups in total. The van der Waals surface area contributed by atoms with Crippen LogP contribution in [0.3, 0.4) is 0 Å². The molecule has 2 aromatic rings. The zero-order valence-electron chi connectivity index (χ0n) is 14.4. The third-order valence-corrected chi connectivity index (χ3v) is 5.81. The Bertz CT molecular complexity index is 750. The van der Waals surface area contributed by atoms with Crippen LogP contribution < -0.4 is 5.32 Å². The lowest BCUT2D eigenvalue weighted by atomic mass is 9.98. The molecule has 0 aliphatic carbocycles. The summed E-state index contributed by atoms with van der Waals surface area (Å²) in [4.78, 5) is 17.0. The van der Waals surface area contributed by atoms with E-state index in [4.69, 9.17) is 4.74 Å². The zero-order valence-corrected chi connectivity index (χ0v) is 15.2. The Morgan fingerprint density at radius 3 is 2.88 bits per heavy atom. The van der Waals surface area contributed by atoms with E-state index in [1.54, 1.807) is 11.3 Å². The molecule has 0 saturated carbocycles. The molecule has 8 heteroatoms. The van der Waals surface area contributed by atoms with Gasteiger partial charge in [0.1, 0.15) is 11.5 Å². The lowest BCUT2D eigenvalue weighted by molar-refractivity contribution is -0.128. The van der Waals surface area contributed by atoms with Crippen LogP contribution in [0.15, 0.2) is 5.38 Å². The van der Waals surface area contributed by atoms with Crippen LogP contribution in [0, 0.1) is 12.8 Å². The first kappa shape index (κ1) is 16.7. The Balaban J connectivity index is 1.42. The highest BCUT2D eigenvalue weighted by Crippen LogP contribution is 2.24. The Kier molecular flexibility index (Phi) is 4.80. The maximum atomic E-state index is 12.5. The summed E-state index contributed by atoms with van der Waals surface area (Å²) in [5.74, 6) is 2.12. The number of fused-ring (bicyclic) bond motifs is 1. The number of hydrogen-bond acceptors (Lipinski definition) is 6. The lowest BCUT2D eigenvalue weighted by Crippen LogP contribution is -2.41. The molecule has 1 unspecified atom stereocenters. The van der Waals surface area contributed by atoms with E-state index < -0.39 is 0 Å². The molecule has 7 nitrogen and oxygen atoms in total. The van der Waals surface area contributed by atoms with Gasteiger partial charge in [0.2, 0.25) is 5.91 Å². The molecule has 0 bridgehead atoms. The second-order valence-corrected chi connectivity index (χ2v) is 7.82. The van der Waals surface area contributed by atoms with Crippen molar-refractivity contribution in [1.29, 1.82) is 0 Å². The Labute approximate surface area is 150 Å². The maximum absolute atomic E-state index is 12.5. The molecule has 0 spiro atoms. The van der Waals surface area contributed by atoms with Crippen molar-refractivity contribution >= 4 is 17.2 Å². The van der Waals surface area contributed by atoms with Crippen molar-refractivity contribution in [3.05, 3.63) is 16.2 Å². The number of carbonyl (C=O) groups is 1. The molecular weight excluding hydrogens is 338 g/mol. The summed E-state index contributed by atoms with van der Waals surface area (Å²) in [6, 6.07) is 0.196. The van der Waals surface area contributed by atoms with Crippen LogP contribution in [0.2, 0.25) is 0 Å². The number of carbonyl (C=O) groups excluding carboxylic acids is 1. The van der Waals surface area contributed by atoms with Gasteiger partial charge < -0.3 is 14.6 Å². The number of aryl methyl sites for hydroxylation is 2. The number of amides is 1. The van der Waals surface area contributed by atoms with Crippen molar-refractivity contribution in [2.75, 3.05) is 13.2 Å². The molecule has 0 radical (unpaired) electrons. The third-order valence-electron chi connectivity index (χ3n) is 5.03. The van der Waals surface area contributed by atoms with Crippen LogP contribution in [-0.4, -0.2) is 44.9 Å². The number of nitrogens with zero attached hydrogens (tertiary/aromatic N) is 4. The van der Waals surface area contributed by atoms with Crippen LogP contribution in [0.25, 0.3) is 11.5 Å². The summed E-state index contributed by atoms with van der Waals surface area (Å²) in [5, 5.41) is 15.0. The van der Waals surface area contributed by atoms with Crippen molar-refractivity contribution in [2.24, 2.45) is 5.92 Å². The molecule has 2 aliphatic rings. The molecule has 4 heterocycles. The van der Waals surface area contributed by atoms with Crippen molar-refractivity contribution in [1.82, 2.24) is 25.1 Å². The first-order valence-electron chi connectivity index (χ1n) is 8.93. The minimum atomic E-state index is 0.101.